The van der Waals surface area contributed by atoms with E-state index in [2.05, 4.69) is 43.3 Å². The summed E-state index contributed by atoms with van der Waals surface area (Å²) in [6, 6.07) is 0.570. The van der Waals surface area contributed by atoms with E-state index in [-0.39, 0.29) is 24.0 Å². The van der Waals surface area contributed by atoms with E-state index in [9.17, 15) is 0 Å². The first-order chi connectivity index (χ1) is 10.6. The average molecular weight is 450 g/mol. The van der Waals surface area contributed by atoms with Gasteiger partial charge in [0.1, 0.15) is 0 Å². The Bertz CT molecular complexity index is 501. The Kier molecular flexibility index (Phi) is 9.43. The molecule has 1 heterocycles. The number of hydrogen-bond acceptors (Lipinski definition) is 3. The van der Waals surface area contributed by atoms with Crippen LogP contribution >= 0.6 is 35.3 Å². The van der Waals surface area contributed by atoms with E-state index in [1.807, 2.05) is 0 Å². The SMILES string of the molecule is CCNC(=NCc1sc(C)nc1C)NC1CCCC(CC)C1.I. The van der Waals surface area contributed by atoms with Crippen LogP contribution in [0.3, 0.4) is 0 Å². The lowest BCUT2D eigenvalue weighted by molar-refractivity contribution is 0.298. The number of nitrogens with zero attached hydrogens (tertiary/aromatic N) is 2. The van der Waals surface area contributed by atoms with Gasteiger partial charge in [-0.05, 0) is 39.5 Å². The minimum Gasteiger partial charge on any atom is -0.357 e. The van der Waals surface area contributed by atoms with Crippen LogP contribution in [0.15, 0.2) is 4.99 Å². The third-order valence-corrected chi connectivity index (χ3v) is 5.48. The third kappa shape index (κ3) is 6.57. The Hall–Kier alpha value is -0.370. The number of aromatic nitrogens is 1. The monoisotopic (exact) mass is 450 g/mol. The van der Waals surface area contributed by atoms with Crippen molar-refractivity contribution in [1.82, 2.24) is 15.6 Å². The highest BCUT2D eigenvalue weighted by Gasteiger charge is 2.21. The maximum atomic E-state index is 4.77. The summed E-state index contributed by atoms with van der Waals surface area (Å²) < 4.78 is 0. The van der Waals surface area contributed by atoms with E-state index in [1.54, 1.807) is 11.3 Å². The molecular weight excluding hydrogens is 419 g/mol. The van der Waals surface area contributed by atoms with Crippen LogP contribution in [0.25, 0.3) is 0 Å². The zero-order valence-electron chi connectivity index (χ0n) is 14.8. The van der Waals surface area contributed by atoms with Crippen molar-refractivity contribution >= 4 is 41.3 Å². The quantitative estimate of drug-likeness (QED) is 0.397. The normalized spacial score (nSPS) is 21.7. The van der Waals surface area contributed by atoms with E-state index < -0.39 is 0 Å². The summed E-state index contributed by atoms with van der Waals surface area (Å²) in [4.78, 5) is 10.5. The number of thiazole rings is 1. The van der Waals surface area contributed by atoms with Crippen molar-refractivity contribution in [1.29, 1.82) is 0 Å². The largest absolute Gasteiger partial charge is 0.357 e. The van der Waals surface area contributed by atoms with Crippen molar-refractivity contribution in [2.24, 2.45) is 10.9 Å². The van der Waals surface area contributed by atoms with Gasteiger partial charge < -0.3 is 10.6 Å². The highest BCUT2D eigenvalue weighted by atomic mass is 127. The zero-order valence-corrected chi connectivity index (χ0v) is 18.0. The van der Waals surface area contributed by atoms with Gasteiger partial charge in [0.2, 0.25) is 0 Å². The van der Waals surface area contributed by atoms with E-state index >= 15 is 0 Å². The van der Waals surface area contributed by atoms with Gasteiger partial charge in [-0.3, -0.25) is 0 Å². The van der Waals surface area contributed by atoms with Crippen molar-refractivity contribution in [3.05, 3.63) is 15.6 Å². The lowest BCUT2D eigenvalue weighted by atomic mass is 9.84. The molecule has 1 fully saturated rings. The highest BCUT2D eigenvalue weighted by molar-refractivity contribution is 14.0. The first-order valence-corrected chi connectivity index (χ1v) is 9.41. The Morgan fingerprint density at radius 2 is 2.09 bits per heavy atom. The van der Waals surface area contributed by atoms with Gasteiger partial charge in [0, 0.05) is 17.5 Å². The number of guanidine groups is 1. The summed E-state index contributed by atoms with van der Waals surface area (Å²) in [5.74, 6) is 1.83. The Morgan fingerprint density at radius 1 is 1.30 bits per heavy atom. The summed E-state index contributed by atoms with van der Waals surface area (Å²) in [5.41, 5.74) is 1.12. The smallest absolute Gasteiger partial charge is 0.191 e. The number of rotatable bonds is 5. The van der Waals surface area contributed by atoms with E-state index in [0.717, 1.165) is 35.7 Å². The minimum atomic E-state index is 0. The van der Waals surface area contributed by atoms with Crippen molar-refractivity contribution in [2.75, 3.05) is 6.54 Å². The summed E-state index contributed by atoms with van der Waals surface area (Å²) in [6.07, 6.45) is 6.56. The molecule has 2 N–H and O–H groups in total. The van der Waals surface area contributed by atoms with Crippen molar-refractivity contribution < 1.29 is 0 Å². The summed E-state index contributed by atoms with van der Waals surface area (Å²) >= 11 is 1.75. The van der Waals surface area contributed by atoms with Crippen LogP contribution in [0.2, 0.25) is 0 Å². The van der Waals surface area contributed by atoms with Gasteiger partial charge in [-0.15, -0.1) is 35.3 Å². The second-order valence-electron chi connectivity index (χ2n) is 6.22. The molecule has 0 spiro atoms. The van der Waals surface area contributed by atoms with Gasteiger partial charge in [-0.1, -0.05) is 26.2 Å². The van der Waals surface area contributed by atoms with E-state index in [1.165, 1.54) is 37.0 Å². The number of hydrogen-bond donors (Lipinski definition) is 2. The predicted molar refractivity (Wildman–Crippen MR) is 111 cm³/mol. The van der Waals surface area contributed by atoms with Crippen molar-refractivity contribution in [3.63, 3.8) is 0 Å². The Morgan fingerprint density at radius 3 is 2.70 bits per heavy atom. The Labute approximate surface area is 162 Å². The molecule has 1 aliphatic rings. The molecule has 23 heavy (non-hydrogen) atoms. The fourth-order valence-corrected chi connectivity index (χ4v) is 4.04. The van der Waals surface area contributed by atoms with Crippen LogP contribution in [0.1, 0.15) is 61.5 Å². The lowest BCUT2D eigenvalue weighted by Crippen LogP contribution is -2.45. The molecule has 1 aromatic rings. The van der Waals surface area contributed by atoms with E-state index in [0.29, 0.717) is 6.04 Å². The molecule has 6 heteroatoms. The molecule has 1 aromatic heterocycles. The van der Waals surface area contributed by atoms with Gasteiger partial charge in [0.15, 0.2) is 5.96 Å². The summed E-state index contributed by atoms with van der Waals surface area (Å²) in [5, 5.41) is 8.15. The van der Waals surface area contributed by atoms with Gasteiger partial charge in [-0.25, -0.2) is 9.98 Å². The first-order valence-electron chi connectivity index (χ1n) is 8.60. The van der Waals surface area contributed by atoms with Gasteiger partial charge in [0.05, 0.1) is 17.2 Å². The van der Waals surface area contributed by atoms with Crippen molar-refractivity contribution in [3.8, 4) is 0 Å². The molecular formula is C17H31IN4S. The number of nitrogens with one attached hydrogen (secondary N) is 2. The number of aryl methyl sites for hydroxylation is 2. The zero-order chi connectivity index (χ0) is 15.9. The molecule has 1 aliphatic carbocycles. The van der Waals surface area contributed by atoms with Crippen LogP contribution in [0.5, 0.6) is 0 Å². The number of halogens is 1. The molecule has 2 unspecified atom stereocenters. The van der Waals surface area contributed by atoms with Crippen LogP contribution < -0.4 is 10.6 Å². The second-order valence-corrected chi connectivity index (χ2v) is 7.51. The fraction of sp³-hybridized carbons (Fsp3) is 0.765. The highest BCUT2D eigenvalue weighted by Crippen LogP contribution is 2.26. The summed E-state index contributed by atoms with van der Waals surface area (Å²) in [7, 11) is 0. The topological polar surface area (TPSA) is 49.3 Å². The molecule has 0 saturated heterocycles. The molecule has 132 valence electrons. The average Bonchev–Trinajstić information content (AvgIpc) is 2.83. The van der Waals surface area contributed by atoms with Crippen LogP contribution in [-0.4, -0.2) is 23.5 Å². The molecule has 0 bridgehead atoms. The van der Waals surface area contributed by atoms with Crippen LogP contribution in [0.4, 0.5) is 0 Å². The van der Waals surface area contributed by atoms with Crippen LogP contribution in [0, 0.1) is 19.8 Å². The van der Waals surface area contributed by atoms with Gasteiger partial charge >= 0.3 is 0 Å². The molecule has 0 radical (unpaired) electrons. The van der Waals surface area contributed by atoms with Gasteiger partial charge in [-0.2, -0.15) is 0 Å². The van der Waals surface area contributed by atoms with Gasteiger partial charge in [0.25, 0.3) is 0 Å². The second kappa shape index (κ2) is 10.5. The molecule has 0 amide bonds. The van der Waals surface area contributed by atoms with Crippen LogP contribution in [-0.2, 0) is 6.54 Å². The molecule has 2 atom stereocenters. The molecule has 0 aromatic carbocycles. The maximum absolute atomic E-state index is 4.77. The Balaban J connectivity index is 0.00000264. The number of aliphatic imine (C=N–C) groups is 1. The summed E-state index contributed by atoms with van der Waals surface area (Å²) in [6.45, 7) is 10.2. The van der Waals surface area contributed by atoms with E-state index in [4.69, 9.17) is 4.99 Å². The lowest BCUT2D eigenvalue weighted by Gasteiger charge is -2.30. The molecule has 4 nitrogen and oxygen atoms in total. The molecule has 0 aliphatic heterocycles. The third-order valence-electron chi connectivity index (χ3n) is 4.43. The molecule has 2 rings (SSSR count). The maximum Gasteiger partial charge on any atom is 0.191 e. The predicted octanol–water partition coefficient (Wildman–Crippen LogP) is 4.40. The standard InChI is InChI=1S/C17H30N4S.HI/c1-5-14-8-7-9-15(10-14)21-17(18-6-2)19-11-16-12(3)20-13(4)22-16;/h14-15H,5-11H2,1-4H3,(H2,18,19,21);1H. The fourth-order valence-electron chi connectivity index (χ4n) is 3.18. The first kappa shape index (κ1) is 20.7. The minimum absolute atomic E-state index is 0. The van der Waals surface area contributed by atoms with Crippen molar-refractivity contribution in [2.45, 2.75) is 72.4 Å². The molecule has 1 saturated carbocycles.